The number of rotatable bonds is 2. The molecule has 20 heavy (non-hydrogen) atoms. The van der Waals surface area contributed by atoms with Crippen LogP contribution in [0.15, 0.2) is 34.8 Å². The van der Waals surface area contributed by atoms with Gasteiger partial charge < -0.3 is 11.1 Å². The lowest BCUT2D eigenvalue weighted by Crippen LogP contribution is -2.15. The molecule has 0 radical (unpaired) electrons. The van der Waals surface area contributed by atoms with E-state index < -0.39 is 11.7 Å². The molecular formula is C14H11BrClFN2O. The Bertz CT molecular complexity index is 671. The van der Waals surface area contributed by atoms with Crippen LogP contribution in [0.3, 0.4) is 0 Å². The minimum Gasteiger partial charge on any atom is -0.398 e. The van der Waals surface area contributed by atoms with Crippen LogP contribution in [0.25, 0.3) is 0 Å². The zero-order valence-electron chi connectivity index (χ0n) is 10.5. The van der Waals surface area contributed by atoms with Gasteiger partial charge in [0.05, 0.1) is 10.7 Å². The molecule has 0 aliphatic carbocycles. The second-order valence-electron chi connectivity index (χ2n) is 4.22. The minimum atomic E-state index is -0.591. The highest BCUT2D eigenvalue weighted by molar-refractivity contribution is 9.10. The number of halogens is 3. The molecule has 0 spiro atoms. The fourth-order valence-corrected chi connectivity index (χ4v) is 2.42. The lowest BCUT2D eigenvalue weighted by atomic mass is 10.1. The van der Waals surface area contributed by atoms with Crippen molar-refractivity contribution < 1.29 is 9.18 Å². The summed E-state index contributed by atoms with van der Waals surface area (Å²) in [6.07, 6.45) is 0. The fraction of sp³-hybridized carbons (Fsp3) is 0.0714. The third-order valence-corrected chi connectivity index (χ3v) is 3.63. The molecule has 0 heterocycles. The number of nitrogen functional groups attached to an aromatic ring is 1. The molecule has 0 saturated carbocycles. The molecule has 104 valence electrons. The summed E-state index contributed by atoms with van der Waals surface area (Å²) in [5.74, 6) is -1.06. The number of para-hydroxylation sites is 1. The van der Waals surface area contributed by atoms with Gasteiger partial charge in [-0.1, -0.05) is 33.6 Å². The van der Waals surface area contributed by atoms with Gasteiger partial charge in [0.25, 0.3) is 5.91 Å². The van der Waals surface area contributed by atoms with Gasteiger partial charge >= 0.3 is 0 Å². The maximum Gasteiger partial charge on any atom is 0.256 e. The third kappa shape index (κ3) is 2.94. The van der Waals surface area contributed by atoms with Crippen molar-refractivity contribution in [1.29, 1.82) is 0 Å². The zero-order chi connectivity index (χ0) is 14.9. The SMILES string of the molecule is Cc1c(N)cc(Br)cc1C(=O)Nc1c(F)cccc1Cl. The van der Waals surface area contributed by atoms with Crippen molar-refractivity contribution in [3.63, 3.8) is 0 Å². The van der Waals surface area contributed by atoms with Crippen molar-refractivity contribution in [2.45, 2.75) is 6.92 Å². The Morgan fingerprint density at radius 3 is 2.75 bits per heavy atom. The van der Waals surface area contributed by atoms with Gasteiger partial charge in [0.15, 0.2) is 0 Å². The summed E-state index contributed by atoms with van der Waals surface area (Å²) in [6, 6.07) is 7.51. The summed E-state index contributed by atoms with van der Waals surface area (Å²) >= 11 is 9.14. The molecule has 2 aromatic carbocycles. The van der Waals surface area contributed by atoms with Crippen LogP contribution in [0.4, 0.5) is 15.8 Å². The molecule has 0 fully saturated rings. The second-order valence-corrected chi connectivity index (χ2v) is 5.54. The normalized spacial score (nSPS) is 10.4. The smallest absolute Gasteiger partial charge is 0.256 e. The van der Waals surface area contributed by atoms with Gasteiger partial charge in [-0.3, -0.25) is 4.79 Å². The minimum absolute atomic E-state index is 0.0443. The monoisotopic (exact) mass is 356 g/mol. The lowest BCUT2D eigenvalue weighted by Gasteiger charge is -2.12. The zero-order valence-corrected chi connectivity index (χ0v) is 12.8. The Kier molecular flexibility index (Phi) is 4.30. The van der Waals surface area contributed by atoms with Crippen LogP contribution in [0.2, 0.25) is 5.02 Å². The molecule has 0 unspecified atom stereocenters. The fourth-order valence-electron chi connectivity index (χ4n) is 1.73. The van der Waals surface area contributed by atoms with Crippen LogP contribution < -0.4 is 11.1 Å². The molecule has 0 aromatic heterocycles. The molecule has 2 aromatic rings. The summed E-state index contributed by atoms with van der Waals surface area (Å²) in [5.41, 5.74) is 7.21. The van der Waals surface area contributed by atoms with Crippen molar-refractivity contribution in [3.05, 3.63) is 56.8 Å². The number of carbonyl (C=O) groups excluding carboxylic acids is 1. The number of hydrogen-bond donors (Lipinski definition) is 2. The number of carbonyl (C=O) groups is 1. The molecule has 0 bridgehead atoms. The number of hydrogen-bond acceptors (Lipinski definition) is 2. The first-order valence-corrected chi connectivity index (χ1v) is 6.88. The van der Waals surface area contributed by atoms with Crippen molar-refractivity contribution in [2.75, 3.05) is 11.1 Å². The Balaban J connectivity index is 2.39. The first kappa shape index (κ1) is 14.8. The van der Waals surface area contributed by atoms with E-state index in [1.807, 2.05) is 0 Å². The summed E-state index contributed by atoms with van der Waals surface area (Å²) in [6.45, 7) is 1.72. The van der Waals surface area contributed by atoms with Crippen LogP contribution in [-0.2, 0) is 0 Å². The lowest BCUT2D eigenvalue weighted by molar-refractivity contribution is 0.102. The van der Waals surface area contributed by atoms with Gasteiger partial charge in [-0.25, -0.2) is 4.39 Å². The molecule has 3 nitrogen and oxygen atoms in total. The number of anilines is 2. The quantitative estimate of drug-likeness (QED) is 0.783. The van der Waals surface area contributed by atoms with E-state index in [1.165, 1.54) is 18.2 Å². The maximum absolute atomic E-state index is 13.7. The van der Waals surface area contributed by atoms with E-state index in [0.717, 1.165) is 0 Å². The topological polar surface area (TPSA) is 55.1 Å². The molecule has 1 amide bonds. The number of benzene rings is 2. The molecule has 0 aliphatic heterocycles. The van der Waals surface area contributed by atoms with Crippen LogP contribution in [0.5, 0.6) is 0 Å². The average Bonchev–Trinajstić information content (AvgIpc) is 2.38. The predicted octanol–water partition coefficient (Wildman–Crippen LogP) is 4.38. The van der Waals surface area contributed by atoms with Crippen LogP contribution >= 0.6 is 27.5 Å². The van der Waals surface area contributed by atoms with Gasteiger partial charge in [-0.2, -0.15) is 0 Å². The summed E-state index contributed by atoms with van der Waals surface area (Å²) in [4.78, 5) is 12.2. The molecule has 0 atom stereocenters. The second kappa shape index (κ2) is 5.81. The molecule has 2 rings (SSSR count). The van der Waals surface area contributed by atoms with Crippen LogP contribution in [-0.4, -0.2) is 5.91 Å². The highest BCUT2D eigenvalue weighted by Gasteiger charge is 2.16. The predicted molar refractivity (Wildman–Crippen MR) is 82.7 cm³/mol. The van der Waals surface area contributed by atoms with Gasteiger partial charge in [0.2, 0.25) is 0 Å². The van der Waals surface area contributed by atoms with Crippen molar-refractivity contribution in [1.82, 2.24) is 0 Å². The van der Waals surface area contributed by atoms with E-state index in [0.29, 0.717) is 21.3 Å². The van der Waals surface area contributed by atoms with Crippen LogP contribution in [0.1, 0.15) is 15.9 Å². The van der Waals surface area contributed by atoms with Crippen molar-refractivity contribution in [2.24, 2.45) is 0 Å². The van der Waals surface area contributed by atoms with Gasteiger partial charge in [-0.15, -0.1) is 0 Å². The molecular weight excluding hydrogens is 347 g/mol. The summed E-state index contributed by atoms with van der Waals surface area (Å²) in [7, 11) is 0. The first-order valence-electron chi connectivity index (χ1n) is 5.71. The number of nitrogens with one attached hydrogen (secondary N) is 1. The van der Waals surface area contributed by atoms with E-state index in [4.69, 9.17) is 17.3 Å². The van der Waals surface area contributed by atoms with Gasteiger partial charge in [0, 0.05) is 15.7 Å². The Labute approximate surface area is 129 Å². The first-order chi connectivity index (χ1) is 9.40. The largest absolute Gasteiger partial charge is 0.398 e. The molecule has 3 N–H and O–H groups in total. The standard InChI is InChI=1S/C14H11BrClFN2O/c1-7-9(5-8(15)6-12(7)18)14(20)19-13-10(16)3-2-4-11(13)17/h2-6H,18H2,1H3,(H,19,20). The van der Waals surface area contributed by atoms with E-state index in [2.05, 4.69) is 21.2 Å². The highest BCUT2D eigenvalue weighted by atomic mass is 79.9. The Morgan fingerprint density at radius 2 is 2.10 bits per heavy atom. The van der Waals surface area contributed by atoms with E-state index >= 15 is 0 Å². The van der Waals surface area contributed by atoms with Crippen molar-refractivity contribution >= 4 is 44.8 Å². The summed E-state index contributed by atoms with van der Waals surface area (Å²) < 4.78 is 14.3. The summed E-state index contributed by atoms with van der Waals surface area (Å²) in [5, 5.41) is 2.61. The van der Waals surface area contributed by atoms with Crippen molar-refractivity contribution in [3.8, 4) is 0 Å². The maximum atomic E-state index is 13.7. The van der Waals surface area contributed by atoms with E-state index in [-0.39, 0.29) is 10.7 Å². The van der Waals surface area contributed by atoms with E-state index in [9.17, 15) is 9.18 Å². The van der Waals surface area contributed by atoms with Crippen LogP contribution in [0, 0.1) is 12.7 Å². The molecule has 0 saturated heterocycles. The average molecular weight is 358 g/mol. The Morgan fingerprint density at radius 1 is 1.40 bits per heavy atom. The third-order valence-electron chi connectivity index (χ3n) is 2.86. The van der Waals surface area contributed by atoms with Gasteiger partial charge in [-0.05, 0) is 36.8 Å². The Hall–Kier alpha value is -1.59. The van der Waals surface area contributed by atoms with Gasteiger partial charge in [0.1, 0.15) is 5.82 Å². The highest BCUT2D eigenvalue weighted by Crippen LogP contribution is 2.27. The van der Waals surface area contributed by atoms with E-state index in [1.54, 1.807) is 19.1 Å². The molecule has 0 aliphatic rings. The number of amides is 1. The number of nitrogens with two attached hydrogens (primary N) is 1. The molecule has 6 heteroatoms.